The predicted octanol–water partition coefficient (Wildman–Crippen LogP) is 0.423. The van der Waals surface area contributed by atoms with E-state index in [9.17, 15) is 4.79 Å². The Hall–Kier alpha value is -2.49. The Balaban J connectivity index is 2.27. The van der Waals surface area contributed by atoms with Crippen LogP contribution in [0.3, 0.4) is 0 Å². The molecule has 3 aromatic rings. The average Bonchev–Trinajstić information content (AvgIpc) is 2.87. The van der Waals surface area contributed by atoms with Crippen LogP contribution in [0, 0.1) is 0 Å². The largest absolute Gasteiger partial charge is 0.355 e. The number of hydrogen-bond acceptors (Lipinski definition) is 1. The summed E-state index contributed by atoms with van der Waals surface area (Å²) in [6.07, 6.45) is 1.79. The summed E-state index contributed by atoms with van der Waals surface area (Å²) in [4.78, 5) is 14.7. The molecular weight excluding hydrogens is 214 g/mol. The third kappa shape index (κ3) is 1.59. The van der Waals surface area contributed by atoms with Gasteiger partial charge in [0.2, 0.25) is 0 Å². The lowest BCUT2D eigenvalue weighted by molar-refractivity contribution is 1.04. The van der Waals surface area contributed by atoms with Crippen LogP contribution in [-0.2, 0) is 0 Å². The van der Waals surface area contributed by atoms with Crippen LogP contribution in [0.5, 0.6) is 0 Å². The van der Waals surface area contributed by atoms with E-state index >= 15 is 0 Å². The molecule has 0 amide bonds. The van der Waals surface area contributed by atoms with Crippen LogP contribution >= 0.6 is 0 Å². The van der Waals surface area contributed by atoms with Crippen LogP contribution in [0.2, 0.25) is 0 Å². The molecule has 4 heteroatoms. The van der Waals surface area contributed by atoms with Gasteiger partial charge in [-0.05, 0) is 23.6 Å². The first-order valence-electron chi connectivity index (χ1n) is 5.29. The lowest BCUT2D eigenvalue weighted by Crippen LogP contribution is -2.32. The summed E-state index contributed by atoms with van der Waals surface area (Å²) in [6, 6.07) is 9.98. The second-order valence-corrected chi connectivity index (χ2v) is 3.93. The zero-order valence-electron chi connectivity index (χ0n) is 9.08. The van der Waals surface area contributed by atoms with Gasteiger partial charge in [0.15, 0.2) is 0 Å². The van der Waals surface area contributed by atoms with E-state index in [0.29, 0.717) is 10.6 Å². The number of aromatic nitrogens is 3. The molecule has 2 aromatic heterocycles. The fourth-order valence-corrected chi connectivity index (χ4v) is 1.89. The minimum atomic E-state index is -0.159. The van der Waals surface area contributed by atoms with Crippen molar-refractivity contribution in [3.63, 3.8) is 0 Å². The van der Waals surface area contributed by atoms with E-state index < -0.39 is 0 Å². The van der Waals surface area contributed by atoms with Crippen molar-refractivity contribution in [2.75, 3.05) is 0 Å². The number of fused-ring (bicyclic) bond motifs is 1. The number of hydrogen-bond donors (Lipinski definition) is 3. The van der Waals surface area contributed by atoms with Crippen LogP contribution in [0.25, 0.3) is 23.6 Å². The minimum Gasteiger partial charge on any atom is -0.355 e. The third-order valence-corrected chi connectivity index (χ3v) is 2.75. The smallest absolute Gasteiger partial charge is 0.271 e. The standard InChI is InChI=1S/C13H11N3O/c1-8-11(13(17)16-15-8)7-10-6-9-4-2-3-5-12(9)14-10/h2-7,14-15H,1H2,(H,16,17)/b11-7-. The topological polar surface area (TPSA) is 64.4 Å². The summed E-state index contributed by atoms with van der Waals surface area (Å²) < 4.78 is 0. The van der Waals surface area contributed by atoms with E-state index in [-0.39, 0.29) is 5.56 Å². The van der Waals surface area contributed by atoms with Crippen molar-refractivity contribution in [3.8, 4) is 0 Å². The van der Waals surface area contributed by atoms with Crippen molar-refractivity contribution in [2.45, 2.75) is 0 Å². The van der Waals surface area contributed by atoms with Crippen molar-refractivity contribution in [1.82, 2.24) is 15.2 Å². The van der Waals surface area contributed by atoms with Crippen molar-refractivity contribution < 1.29 is 0 Å². The quantitative estimate of drug-likeness (QED) is 0.552. The highest BCUT2D eigenvalue weighted by Gasteiger charge is 1.98. The van der Waals surface area contributed by atoms with E-state index in [1.165, 1.54) is 0 Å². The Bertz CT molecular complexity index is 772. The third-order valence-electron chi connectivity index (χ3n) is 2.75. The molecule has 1 aromatic carbocycles. The van der Waals surface area contributed by atoms with E-state index in [1.54, 1.807) is 6.08 Å². The molecule has 0 radical (unpaired) electrons. The minimum absolute atomic E-state index is 0.159. The molecule has 3 N–H and O–H groups in total. The van der Waals surface area contributed by atoms with Gasteiger partial charge >= 0.3 is 0 Å². The maximum absolute atomic E-state index is 11.5. The Morgan fingerprint density at radius 2 is 2.00 bits per heavy atom. The highest BCUT2D eigenvalue weighted by molar-refractivity contribution is 5.82. The van der Waals surface area contributed by atoms with Gasteiger partial charge in [0.25, 0.3) is 5.56 Å². The van der Waals surface area contributed by atoms with Gasteiger partial charge in [-0.1, -0.05) is 24.8 Å². The van der Waals surface area contributed by atoms with Crippen molar-refractivity contribution >= 4 is 23.6 Å². The molecule has 2 heterocycles. The zero-order valence-corrected chi connectivity index (χ0v) is 9.08. The van der Waals surface area contributed by atoms with E-state index in [4.69, 9.17) is 0 Å². The molecule has 0 saturated heterocycles. The lowest BCUT2D eigenvalue weighted by Gasteiger charge is -1.84. The van der Waals surface area contributed by atoms with Gasteiger partial charge in [-0.3, -0.25) is 15.0 Å². The van der Waals surface area contributed by atoms with Crippen LogP contribution in [0.15, 0.2) is 35.1 Å². The van der Waals surface area contributed by atoms with Crippen molar-refractivity contribution in [1.29, 1.82) is 0 Å². The molecule has 0 unspecified atom stereocenters. The Kier molecular flexibility index (Phi) is 2.01. The normalized spacial score (nSPS) is 12.4. The molecular formula is C13H11N3O. The Morgan fingerprint density at radius 3 is 2.71 bits per heavy atom. The summed E-state index contributed by atoms with van der Waals surface area (Å²) >= 11 is 0. The molecule has 84 valence electrons. The van der Waals surface area contributed by atoms with Gasteiger partial charge in [0.05, 0.1) is 10.6 Å². The predicted molar refractivity (Wildman–Crippen MR) is 68.1 cm³/mol. The number of rotatable bonds is 1. The first-order chi connectivity index (χ1) is 8.24. The lowest BCUT2D eigenvalue weighted by atomic mass is 10.2. The summed E-state index contributed by atoms with van der Waals surface area (Å²) in [6.45, 7) is 3.76. The molecule has 0 aliphatic carbocycles. The molecule has 0 atom stereocenters. The number of aromatic amines is 3. The number of para-hydroxylation sites is 1. The summed E-state index contributed by atoms with van der Waals surface area (Å²) in [7, 11) is 0. The fourth-order valence-electron chi connectivity index (χ4n) is 1.89. The first-order valence-corrected chi connectivity index (χ1v) is 5.29. The van der Waals surface area contributed by atoms with Crippen LogP contribution in [-0.4, -0.2) is 15.2 Å². The fraction of sp³-hybridized carbons (Fsp3) is 0. The van der Waals surface area contributed by atoms with Gasteiger partial charge in [-0.25, -0.2) is 0 Å². The number of H-pyrrole nitrogens is 3. The SMILES string of the molecule is C=c1[nH][nH]c(=O)/c1=C\c1cc2ccccc2[nH]1. The van der Waals surface area contributed by atoms with E-state index in [1.807, 2.05) is 30.3 Å². The van der Waals surface area contributed by atoms with Crippen molar-refractivity contribution in [3.05, 3.63) is 56.9 Å². The molecule has 17 heavy (non-hydrogen) atoms. The van der Waals surface area contributed by atoms with Crippen LogP contribution in [0.1, 0.15) is 5.69 Å². The molecule has 0 bridgehead atoms. The second-order valence-electron chi connectivity index (χ2n) is 3.93. The molecule has 0 saturated carbocycles. The molecule has 0 spiro atoms. The van der Waals surface area contributed by atoms with Gasteiger partial charge in [-0.15, -0.1) is 0 Å². The second kappa shape index (κ2) is 3.52. The van der Waals surface area contributed by atoms with E-state index in [2.05, 4.69) is 21.8 Å². The highest BCUT2D eigenvalue weighted by atomic mass is 16.1. The summed E-state index contributed by atoms with van der Waals surface area (Å²) in [5, 5.41) is 7.47. The molecule has 4 nitrogen and oxygen atoms in total. The molecule has 0 fully saturated rings. The van der Waals surface area contributed by atoms with Crippen molar-refractivity contribution in [2.24, 2.45) is 0 Å². The maximum Gasteiger partial charge on any atom is 0.271 e. The zero-order chi connectivity index (χ0) is 11.8. The van der Waals surface area contributed by atoms with Crippen LogP contribution < -0.4 is 16.1 Å². The maximum atomic E-state index is 11.5. The highest BCUT2D eigenvalue weighted by Crippen LogP contribution is 2.14. The Morgan fingerprint density at radius 1 is 1.18 bits per heavy atom. The molecule has 0 aliphatic rings. The summed E-state index contributed by atoms with van der Waals surface area (Å²) in [5.74, 6) is 0. The molecule has 3 rings (SSSR count). The average molecular weight is 225 g/mol. The number of benzene rings is 1. The number of nitrogens with one attached hydrogen (secondary N) is 3. The van der Waals surface area contributed by atoms with Crippen LogP contribution in [0.4, 0.5) is 0 Å². The Labute approximate surface area is 96.3 Å². The van der Waals surface area contributed by atoms with Gasteiger partial charge in [-0.2, -0.15) is 0 Å². The summed E-state index contributed by atoms with van der Waals surface area (Å²) in [5.41, 5.74) is 1.78. The molecule has 0 aliphatic heterocycles. The monoisotopic (exact) mass is 225 g/mol. The van der Waals surface area contributed by atoms with Gasteiger partial charge in [0, 0.05) is 11.2 Å². The van der Waals surface area contributed by atoms with Gasteiger partial charge in [0.1, 0.15) is 0 Å². The van der Waals surface area contributed by atoms with E-state index in [0.717, 1.165) is 16.6 Å². The first kappa shape index (κ1) is 9.72. The van der Waals surface area contributed by atoms with Gasteiger partial charge < -0.3 is 4.98 Å².